The predicted molar refractivity (Wildman–Crippen MR) is 82.4 cm³/mol. The van der Waals surface area contributed by atoms with Crippen LogP contribution in [0.3, 0.4) is 0 Å². The molecule has 0 unspecified atom stereocenters. The molecule has 2 nitrogen and oxygen atoms in total. The second kappa shape index (κ2) is 5.68. The largest absolute Gasteiger partial charge is 0.497 e. The third kappa shape index (κ3) is 2.32. The van der Waals surface area contributed by atoms with E-state index in [1.807, 2.05) is 6.07 Å². The SMILES string of the molecule is CN[C@H]1CCc2ccccc2[C@@H]1c1cccc(OC)c1. The molecule has 2 aromatic rings. The number of nitrogens with one attached hydrogen (secondary N) is 1. The molecule has 0 spiro atoms. The molecule has 0 aromatic heterocycles. The molecule has 0 saturated heterocycles. The van der Waals surface area contributed by atoms with Crippen LogP contribution in [-0.2, 0) is 6.42 Å². The molecule has 0 radical (unpaired) electrons. The van der Waals surface area contributed by atoms with Crippen molar-refractivity contribution in [3.05, 3.63) is 65.2 Å². The van der Waals surface area contributed by atoms with Crippen LogP contribution in [0.5, 0.6) is 5.75 Å². The fourth-order valence-electron chi connectivity index (χ4n) is 3.32. The first-order chi connectivity index (χ1) is 9.83. The molecule has 0 saturated carbocycles. The molecule has 2 heteroatoms. The molecule has 0 heterocycles. The van der Waals surface area contributed by atoms with Gasteiger partial charge in [-0.25, -0.2) is 0 Å². The molecule has 1 aliphatic carbocycles. The topological polar surface area (TPSA) is 21.3 Å². The highest BCUT2D eigenvalue weighted by Crippen LogP contribution is 2.37. The van der Waals surface area contributed by atoms with Crippen LogP contribution in [0.2, 0.25) is 0 Å². The molecule has 0 bridgehead atoms. The maximum Gasteiger partial charge on any atom is 0.119 e. The van der Waals surface area contributed by atoms with Gasteiger partial charge in [-0.05, 0) is 48.7 Å². The maximum atomic E-state index is 5.38. The van der Waals surface area contributed by atoms with Crippen molar-refractivity contribution in [2.24, 2.45) is 0 Å². The van der Waals surface area contributed by atoms with Crippen molar-refractivity contribution in [3.63, 3.8) is 0 Å². The Morgan fingerprint density at radius 3 is 2.75 bits per heavy atom. The van der Waals surface area contributed by atoms with Crippen molar-refractivity contribution < 1.29 is 4.74 Å². The molecule has 0 aliphatic heterocycles. The zero-order chi connectivity index (χ0) is 13.9. The molecule has 20 heavy (non-hydrogen) atoms. The van der Waals surface area contributed by atoms with Crippen LogP contribution in [-0.4, -0.2) is 20.2 Å². The number of likely N-dealkylation sites (N-methyl/N-ethyl adjacent to an activating group) is 1. The first-order valence-electron chi connectivity index (χ1n) is 7.22. The van der Waals surface area contributed by atoms with E-state index >= 15 is 0 Å². The zero-order valence-electron chi connectivity index (χ0n) is 12.1. The standard InChI is InChI=1S/C18H21NO/c1-19-17-11-10-13-6-3-4-9-16(13)18(17)14-7-5-8-15(12-14)20-2/h3-9,12,17-19H,10-11H2,1-2H3/t17-,18-/m0/s1. The lowest BCUT2D eigenvalue weighted by atomic mass is 9.75. The van der Waals surface area contributed by atoms with Crippen molar-refractivity contribution in [3.8, 4) is 5.75 Å². The summed E-state index contributed by atoms with van der Waals surface area (Å²) in [6.07, 6.45) is 2.33. The Bertz CT molecular complexity index is 593. The lowest BCUT2D eigenvalue weighted by molar-refractivity contribution is 0.411. The Morgan fingerprint density at radius 1 is 1.10 bits per heavy atom. The Morgan fingerprint density at radius 2 is 1.95 bits per heavy atom. The van der Waals surface area contributed by atoms with Crippen LogP contribution in [0, 0.1) is 0 Å². The zero-order valence-corrected chi connectivity index (χ0v) is 12.1. The Balaban J connectivity index is 2.08. The highest BCUT2D eigenvalue weighted by atomic mass is 16.5. The molecule has 2 aromatic carbocycles. The summed E-state index contributed by atoms with van der Waals surface area (Å²) >= 11 is 0. The van der Waals surface area contributed by atoms with Gasteiger partial charge in [0.15, 0.2) is 0 Å². The van der Waals surface area contributed by atoms with E-state index in [0.717, 1.165) is 12.2 Å². The number of ether oxygens (including phenoxy) is 1. The van der Waals surface area contributed by atoms with Crippen LogP contribution in [0.15, 0.2) is 48.5 Å². The number of hydrogen-bond acceptors (Lipinski definition) is 2. The highest BCUT2D eigenvalue weighted by Gasteiger charge is 2.29. The van der Waals surface area contributed by atoms with Gasteiger partial charge >= 0.3 is 0 Å². The smallest absolute Gasteiger partial charge is 0.119 e. The van der Waals surface area contributed by atoms with E-state index in [4.69, 9.17) is 4.74 Å². The fourth-order valence-corrected chi connectivity index (χ4v) is 3.32. The predicted octanol–water partition coefficient (Wildman–Crippen LogP) is 3.36. The number of methoxy groups -OCH3 is 1. The van der Waals surface area contributed by atoms with Crippen LogP contribution >= 0.6 is 0 Å². The minimum absolute atomic E-state index is 0.403. The summed E-state index contributed by atoms with van der Waals surface area (Å²) in [4.78, 5) is 0. The molecule has 3 rings (SSSR count). The minimum atomic E-state index is 0.403. The monoisotopic (exact) mass is 267 g/mol. The first-order valence-corrected chi connectivity index (χ1v) is 7.22. The average molecular weight is 267 g/mol. The van der Waals surface area contributed by atoms with Gasteiger partial charge < -0.3 is 10.1 Å². The van der Waals surface area contributed by atoms with E-state index in [1.54, 1.807) is 7.11 Å². The van der Waals surface area contributed by atoms with E-state index in [-0.39, 0.29) is 0 Å². The summed E-state index contributed by atoms with van der Waals surface area (Å²) < 4.78 is 5.38. The van der Waals surface area contributed by atoms with Gasteiger partial charge in [0.05, 0.1) is 7.11 Å². The number of benzene rings is 2. The molecule has 2 atom stereocenters. The van der Waals surface area contributed by atoms with Gasteiger partial charge in [-0.3, -0.25) is 0 Å². The summed E-state index contributed by atoms with van der Waals surface area (Å²) in [5, 5.41) is 3.49. The number of hydrogen-bond donors (Lipinski definition) is 1. The van der Waals surface area contributed by atoms with Gasteiger partial charge in [-0.2, -0.15) is 0 Å². The third-order valence-electron chi connectivity index (χ3n) is 4.34. The quantitative estimate of drug-likeness (QED) is 0.920. The number of rotatable bonds is 3. The molecule has 0 amide bonds. The van der Waals surface area contributed by atoms with E-state index in [1.165, 1.54) is 23.1 Å². The summed E-state index contributed by atoms with van der Waals surface area (Å²) in [6, 6.07) is 17.8. The van der Waals surface area contributed by atoms with E-state index in [2.05, 4.69) is 54.8 Å². The van der Waals surface area contributed by atoms with E-state index in [9.17, 15) is 0 Å². The fraction of sp³-hybridized carbons (Fsp3) is 0.333. The molecular weight excluding hydrogens is 246 g/mol. The van der Waals surface area contributed by atoms with E-state index in [0.29, 0.717) is 12.0 Å². The van der Waals surface area contributed by atoms with Gasteiger partial charge in [-0.15, -0.1) is 0 Å². The second-order valence-electron chi connectivity index (χ2n) is 5.39. The minimum Gasteiger partial charge on any atom is -0.497 e. The van der Waals surface area contributed by atoms with Gasteiger partial charge in [0.2, 0.25) is 0 Å². The van der Waals surface area contributed by atoms with Gasteiger partial charge in [0, 0.05) is 12.0 Å². The Labute approximate surface area is 120 Å². The molecule has 1 aliphatic rings. The van der Waals surface area contributed by atoms with E-state index < -0.39 is 0 Å². The average Bonchev–Trinajstić information content (AvgIpc) is 2.53. The third-order valence-corrected chi connectivity index (χ3v) is 4.34. The van der Waals surface area contributed by atoms with Crippen molar-refractivity contribution in [1.82, 2.24) is 5.32 Å². The summed E-state index contributed by atoms with van der Waals surface area (Å²) in [7, 11) is 3.79. The highest BCUT2D eigenvalue weighted by molar-refractivity contribution is 5.44. The van der Waals surface area contributed by atoms with Crippen molar-refractivity contribution in [2.45, 2.75) is 24.8 Å². The normalized spacial score (nSPS) is 21.3. The number of aryl methyl sites for hydroxylation is 1. The van der Waals surface area contributed by atoms with Crippen molar-refractivity contribution >= 4 is 0 Å². The lowest BCUT2D eigenvalue weighted by Crippen LogP contribution is -2.36. The van der Waals surface area contributed by atoms with Crippen LogP contribution in [0.4, 0.5) is 0 Å². The molecular formula is C18H21NO. The Kier molecular flexibility index (Phi) is 3.75. The summed E-state index contributed by atoms with van der Waals surface area (Å²) in [5.41, 5.74) is 4.26. The van der Waals surface area contributed by atoms with Crippen molar-refractivity contribution in [2.75, 3.05) is 14.2 Å². The van der Waals surface area contributed by atoms with Crippen LogP contribution in [0.1, 0.15) is 29.0 Å². The maximum absolute atomic E-state index is 5.38. The van der Waals surface area contributed by atoms with Crippen LogP contribution < -0.4 is 10.1 Å². The van der Waals surface area contributed by atoms with Crippen molar-refractivity contribution in [1.29, 1.82) is 0 Å². The van der Waals surface area contributed by atoms with Gasteiger partial charge in [-0.1, -0.05) is 36.4 Å². The second-order valence-corrected chi connectivity index (χ2v) is 5.39. The lowest BCUT2D eigenvalue weighted by Gasteiger charge is -2.34. The van der Waals surface area contributed by atoms with Gasteiger partial charge in [0.1, 0.15) is 5.75 Å². The Hall–Kier alpha value is -1.80. The summed E-state index contributed by atoms with van der Waals surface area (Å²) in [5.74, 6) is 1.33. The van der Waals surface area contributed by atoms with Gasteiger partial charge in [0.25, 0.3) is 0 Å². The molecule has 0 fully saturated rings. The molecule has 1 N–H and O–H groups in total. The molecule has 104 valence electrons. The number of fused-ring (bicyclic) bond motifs is 1. The first kappa shape index (κ1) is 13.2. The summed E-state index contributed by atoms with van der Waals surface area (Å²) in [6.45, 7) is 0. The van der Waals surface area contributed by atoms with Crippen LogP contribution in [0.25, 0.3) is 0 Å².